The summed E-state index contributed by atoms with van der Waals surface area (Å²) >= 11 is 0. The number of carbonyl (C=O) groups is 3. The van der Waals surface area contributed by atoms with Crippen LogP contribution in [0.1, 0.15) is 56.8 Å². The SMILES string of the molecule is CC(C)(C)OC(=O)NCC(=O)NC1CCC(NC(=O)c2cc(F)cnc2Oc2ccc(F)cc2)CC1. The van der Waals surface area contributed by atoms with E-state index in [2.05, 4.69) is 20.9 Å². The number of benzene rings is 1. The summed E-state index contributed by atoms with van der Waals surface area (Å²) in [6.07, 6.45) is 2.67. The smallest absolute Gasteiger partial charge is 0.408 e. The average Bonchev–Trinajstić information content (AvgIpc) is 2.80. The minimum Gasteiger partial charge on any atom is -0.444 e. The maximum absolute atomic E-state index is 13.8. The Hall–Kier alpha value is -3.76. The number of ether oxygens (including phenoxy) is 2. The molecule has 0 bridgehead atoms. The van der Waals surface area contributed by atoms with Crippen molar-refractivity contribution in [3.05, 3.63) is 53.7 Å². The lowest BCUT2D eigenvalue weighted by Crippen LogP contribution is -2.46. The van der Waals surface area contributed by atoms with Gasteiger partial charge in [-0.15, -0.1) is 0 Å². The normalized spacial score (nSPS) is 17.6. The summed E-state index contributed by atoms with van der Waals surface area (Å²) in [5.74, 6) is -1.87. The third-order valence-corrected chi connectivity index (χ3v) is 5.31. The Labute approximate surface area is 208 Å². The molecule has 3 N–H and O–H groups in total. The Bertz CT molecular complexity index is 1080. The molecule has 0 unspecified atom stereocenters. The van der Waals surface area contributed by atoms with Gasteiger partial charge in [-0.25, -0.2) is 18.6 Å². The molecule has 2 aromatic rings. The van der Waals surface area contributed by atoms with E-state index in [0.717, 1.165) is 12.3 Å². The van der Waals surface area contributed by atoms with Crippen LogP contribution in [0.25, 0.3) is 0 Å². The molecule has 1 saturated carbocycles. The van der Waals surface area contributed by atoms with Crippen LogP contribution in [0.15, 0.2) is 36.5 Å². The van der Waals surface area contributed by atoms with Crippen molar-refractivity contribution in [3.8, 4) is 11.6 Å². The number of rotatable bonds is 7. The maximum Gasteiger partial charge on any atom is 0.408 e. The van der Waals surface area contributed by atoms with E-state index in [-0.39, 0.29) is 41.7 Å². The van der Waals surface area contributed by atoms with Crippen LogP contribution >= 0.6 is 0 Å². The summed E-state index contributed by atoms with van der Waals surface area (Å²) in [6, 6.07) is 5.89. The quantitative estimate of drug-likeness (QED) is 0.527. The second-order valence-corrected chi connectivity index (χ2v) is 9.51. The van der Waals surface area contributed by atoms with E-state index >= 15 is 0 Å². The zero-order chi connectivity index (χ0) is 26.3. The molecule has 36 heavy (non-hydrogen) atoms. The molecule has 3 amide bonds. The zero-order valence-corrected chi connectivity index (χ0v) is 20.4. The van der Waals surface area contributed by atoms with Gasteiger partial charge in [0.05, 0.1) is 6.20 Å². The lowest BCUT2D eigenvalue weighted by atomic mass is 9.91. The molecule has 1 aromatic heterocycles. The van der Waals surface area contributed by atoms with Gasteiger partial charge in [0.15, 0.2) is 0 Å². The number of aromatic nitrogens is 1. The Morgan fingerprint density at radius 1 is 0.972 bits per heavy atom. The summed E-state index contributed by atoms with van der Waals surface area (Å²) in [6.45, 7) is 4.99. The minimum atomic E-state index is -0.696. The van der Waals surface area contributed by atoms with Crippen LogP contribution in [-0.2, 0) is 9.53 Å². The third kappa shape index (κ3) is 8.47. The van der Waals surface area contributed by atoms with Gasteiger partial charge in [-0.1, -0.05) is 0 Å². The lowest BCUT2D eigenvalue weighted by Gasteiger charge is -2.30. The first-order valence-corrected chi connectivity index (χ1v) is 11.6. The van der Waals surface area contributed by atoms with Gasteiger partial charge in [-0.2, -0.15) is 0 Å². The van der Waals surface area contributed by atoms with Crippen molar-refractivity contribution in [2.24, 2.45) is 0 Å². The Morgan fingerprint density at radius 2 is 1.58 bits per heavy atom. The molecule has 11 heteroatoms. The molecule has 3 rings (SSSR count). The number of hydrogen-bond acceptors (Lipinski definition) is 6. The summed E-state index contributed by atoms with van der Waals surface area (Å²) < 4.78 is 37.6. The van der Waals surface area contributed by atoms with E-state index in [1.54, 1.807) is 20.8 Å². The van der Waals surface area contributed by atoms with E-state index in [1.165, 1.54) is 24.3 Å². The van der Waals surface area contributed by atoms with Crippen molar-refractivity contribution < 1.29 is 32.6 Å². The van der Waals surface area contributed by atoms with E-state index in [9.17, 15) is 23.2 Å². The molecule has 1 aliphatic carbocycles. The Kier molecular flexibility index (Phi) is 8.78. The highest BCUT2D eigenvalue weighted by atomic mass is 19.1. The number of halogens is 2. The van der Waals surface area contributed by atoms with Gasteiger partial charge in [0.1, 0.15) is 35.1 Å². The lowest BCUT2D eigenvalue weighted by molar-refractivity contribution is -0.121. The summed E-state index contributed by atoms with van der Waals surface area (Å²) in [5, 5.41) is 8.14. The fourth-order valence-corrected chi connectivity index (χ4v) is 3.68. The second-order valence-electron chi connectivity index (χ2n) is 9.51. The van der Waals surface area contributed by atoms with Crippen LogP contribution in [0.2, 0.25) is 0 Å². The Balaban J connectivity index is 1.48. The standard InChI is InChI=1S/C25H30F2N4O5/c1-25(2,3)36-24(34)29-14-21(32)30-17-6-8-18(9-7-17)31-22(33)20-12-16(27)13-28-23(20)35-19-10-4-15(26)5-11-19/h4-5,10-13,17-18H,6-9,14H2,1-3H3,(H,29,34)(H,30,32)(H,31,33). The van der Waals surface area contributed by atoms with Gasteiger partial charge >= 0.3 is 6.09 Å². The number of pyridine rings is 1. The monoisotopic (exact) mass is 504 g/mol. The number of amides is 3. The summed E-state index contributed by atoms with van der Waals surface area (Å²) in [7, 11) is 0. The molecule has 0 saturated heterocycles. The first kappa shape index (κ1) is 26.8. The van der Waals surface area contributed by atoms with E-state index in [4.69, 9.17) is 9.47 Å². The van der Waals surface area contributed by atoms with Crippen molar-refractivity contribution in [2.75, 3.05) is 6.54 Å². The third-order valence-electron chi connectivity index (χ3n) is 5.31. The fraction of sp³-hybridized carbons (Fsp3) is 0.440. The highest BCUT2D eigenvalue weighted by Crippen LogP contribution is 2.25. The largest absolute Gasteiger partial charge is 0.444 e. The number of carbonyl (C=O) groups excluding carboxylic acids is 3. The molecule has 1 heterocycles. The van der Waals surface area contributed by atoms with Gasteiger partial charge in [0.25, 0.3) is 5.91 Å². The predicted octanol–water partition coefficient (Wildman–Crippen LogP) is 3.83. The average molecular weight is 505 g/mol. The van der Waals surface area contributed by atoms with Crippen molar-refractivity contribution in [2.45, 2.75) is 64.1 Å². The van der Waals surface area contributed by atoms with Crippen LogP contribution in [0.5, 0.6) is 11.6 Å². The fourth-order valence-electron chi connectivity index (χ4n) is 3.68. The Morgan fingerprint density at radius 3 is 2.19 bits per heavy atom. The van der Waals surface area contributed by atoms with Gasteiger partial charge < -0.3 is 25.4 Å². The molecule has 1 aliphatic rings. The van der Waals surface area contributed by atoms with Crippen LogP contribution in [0.3, 0.4) is 0 Å². The van der Waals surface area contributed by atoms with Gasteiger partial charge in [-0.05, 0) is 76.8 Å². The van der Waals surface area contributed by atoms with E-state index < -0.39 is 29.2 Å². The van der Waals surface area contributed by atoms with Crippen LogP contribution in [-0.4, -0.2) is 47.1 Å². The van der Waals surface area contributed by atoms with Gasteiger partial charge in [-0.3, -0.25) is 9.59 Å². The summed E-state index contributed by atoms with van der Waals surface area (Å²) in [5.41, 5.74) is -0.735. The topological polar surface area (TPSA) is 119 Å². The summed E-state index contributed by atoms with van der Waals surface area (Å²) in [4.78, 5) is 40.5. The van der Waals surface area contributed by atoms with E-state index in [0.29, 0.717) is 25.7 Å². The highest BCUT2D eigenvalue weighted by molar-refractivity contribution is 5.96. The molecular formula is C25H30F2N4O5. The molecule has 0 radical (unpaired) electrons. The van der Waals surface area contributed by atoms with Crippen molar-refractivity contribution in [3.63, 3.8) is 0 Å². The van der Waals surface area contributed by atoms with E-state index in [1.807, 2.05) is 0 Å². The maximum atomic E-state index is 13.8. The number of hydrogen-bond donors (Lipinski definition) is 3. The minimum absolute atomic E-state index is 0.0806. The van der Waals surface area contributed by atoms with Crippen molar-refractivity contribution in [1.82, 2.24) is 20.9 Å². The molecule has 9 nitrogen and oxygen atoms in total. The first-order chi connectivity index (χ1) is 17.0. The molecule has 0 spiro atoms. The molecule has 0 aliphatic heterocycles. The van der Waals surface area contributed by atoms with Crippen molar-refractivity contribution in [1.29, 1.82) is 0 Å². The molecule has 1 fully saturated rings. The number of alkyl carbamates (subject to hydrolysis) is 1. The van der Waals surface area contributed by atoms with Gasteiger partial charge in [0.2, 0.25) is 11.8 Å². The molecule has 194 valence electrons. The highest BCUT2D eigenvalue weighted by Gasteiger charge is 2.26. The first-order valence-electron chi connectivity index (χ1n) is 11.6. The van der Waals surface area contributed by atoms with Crippen LogP contribution < -0.4 is 20.7 Å². The van der Waals surface area contributed by atoms with Gasteiger partial charge in [0, 0.05) is 12.1 Å². The van der Waals surface area contributed by atoms with Crippen molar-refractivity contribution >= 4 is 17.9 Å². The van der Waals surface area contributed by atoms with Crippen LogP contribution in [0, 0.1) is 11.6 Å². The molecular weight excluding hydrogens is 474 g/mol. The second kappa shape index (κ2) is 11.8. The number of nitrogens with one attached hydrogen (secondary N) is 3. The number of nitrogens with zero attached hydrogens (tertiary/aromatic N) is 1. The molecule has 0 atom stereocenters. The zero-order valence-electron chi connectivity index (χ0n) is 20.4. The molecule has 1 aromatic carbocycles. The predicted molar refractivity (Wildman–Crippen MR) is 127 cm³/mol. The van der Waals surface area contributed by atoms with Crippen LogP contribution in [0.4, 0.5) is 13.6 Å².